The minimum atomic E-state index is -0.347. The molecule has 1 amide bonds. The van der Waals surface area contributed by atoms with Crippen LogP contribution in [0.2, 0.25) is 0 Å². The molecule has 0 atom stereocenters. The number of anilines is 1. The normalized spacial score (nSPS) is 10.6. The van der Waals surface area contributed by atoms with E-state index in [4.69, 9.17) is 4.52 Å². The lowest BCUT2D eigenvalue weighted by Crippen LogP contribution is -2.12. The van der Waals surface area contributed by atoms with Crippen LogP contribution >= 0.6 is 11.3 Å². The van der Waals surface area contributed by atoms with E-state index < -0.39 is 0 Å². The monoisotopic (exact) mass is 303 g/mol. The Labute approximate surface area is 123 Å². The molecule has 0 spiro atoms. The van der Waals surface area contributed by atoms with Crippen molar-refractivity contribution in [3.8, 4) is 11.5 Å². The van der Waals surface area contributed by atoms with Gasteiger partial charge in [0.15, 0.2) is 0 Å². The first-order chi connectivity index (χ1) is 10.1. The fourth-order valence-electron chi connectivity index (χ4n) is 1.75. The number of nitrogens with zero attached hydrogens (tertiary/aromatic N) is 2. The summed E-state index contributed by atoms with van der Waals surface area (Å²) in [4.78, 5) is 16.7. The van der Waals surface area contributed by atoms with E-state index in [1.165, 1.54) is 35.6 Å². The van der Waals surface area contributed by atoms with Gasteiger partial charge in [-0.15, -0.1) is 11.3 Å². The highest BCUT2D eigenvalue weighted by molar-refractivity contribution is 7.12. The Hall–Kier alpha value is -2.54. The number of aromatic nitrogens is 2. The van der Waals surface area contributed by atoms with E-state index in [-0.39, 0.29) is 23.6 Å². The van der Waals surface area contributed by atoms with Gasteiger partial charge in [-0.3, -0.25) is 10.1 Å². The molecule has 7 heteroatoms. The van der Waals surface area contributed by atoms with Gasteiger partial charge in [-0.25, -0.2) is 4.39 Å². The van der Waals surface area contributed by atoms with Crippen molar-refractivity contribution in [1.29, 1.82) is 0 Å². The Bertz CT molecular complexity index is 780. The summed E-state index contributed by atoms with van der Waals surface area (Å²) in [6, 6.07) is 7.51. The van der Waals surface area contributed by atoms with Crippen molar-refractivity contribution in [2.45, 2.75) is 6.92 Å². The van der Waals surface area contributed by atoms with Crippen molar-refractivity contribution < 1.29 is 13.7 Å². The summed E-state index contributed by atoms with van der Waals surface area (Å²) in [5.74, 6) is -0.339. The highest BCUT2D eigenvalue weighted by Gasteiger charge is 2.15. The number of hydrogen-bond acceptors (Lipinski definition) is 5. The number of rotatable bonds is 3. The molecular weight excluding hydrogens is 293 g/mol. The SMILES string of the molecule is Cc1ccsc1C(=O)Nc1noc(-c2ccc(F)cc2)n1. The largest absolute Gasteiger partial charge is 0.332 e. The molecule has 0 fully saturated rings. The Balaban J connectivity index is 1.78. The molecule has 0 bridgehead atoms. The number of hydrogen-bond donors (Lipinski definition) is 1. The maximum absolute atomic E-state index is 12.9. The standard InChI is InChI=1S/C14H10FN3O2S/c1-8-6-7-21-11(8)12(19)16-14-17-13(20-18-14)9-2-4-10(15)5-3-9/h2-7H,1H3,(H,16,18,19). The minimum Gasteiger partial charge on any atom is -0.332 e. The molecule has 1 aromatic carbocycles. The van der Waals surface area contributed by atoms with Crippen LogP contribution in [0.15, 0.2) is 40.2 Å². The molecule has 2 aromatic heterocycles. The summed E-state index contributed by atoms with van der Waals surface area (Å²) in [5, 5.41) is 8.09. The van der Waals surface area contributed by atoms with Crippen molar-refractivity contribution in [2.24, 2.45) is 0 Å². The second kappa shape index (κ2) is 5.45. The van der Waals surface area contributed by atoms with Gasteiger partial charge in [-0.2, -0.15) is 4.98 Å². The van der Waals surface area contributed by atoms with Crippen LogP contribution in [0.1, 0.15) is 15.2 Å². The lowest BCUT2D eigenvalue weighted by molar-refractivity contribution is 0.102. The van der Waals surface area contributed by atoms with Gasteiger partial charge < -0.3 is 4.52 Å². The third kappa shape index (κ3) is 2.82. The average Bonchev–Trinajstić information content (AvgIpc) is 3.09. The van der Waals surface area contributed by atoms with Gasteiger partial charge in [0.2, 0.25) is 0 Å². The van der Waals surface area contributed by atoms with Gasteiger partial charge >= 0.3 is 0 Å². The van der Waals surface area contributed by atoms with E-state index >= 15 is 0 Å². The van der Waals surface area contributed by atoms with Crippen molar-refractivity contribution in [1.82, 2.24) is 10.1 Å². The summed E-state index contributed by atoms with van der Waals surface area (Å²) >= 11 is 1.34. The maximum Gasteiger partial charge on any atom is 0.270 e. The predicted molar refractivity (Wildman–Crippen MR) is 76.7 cm³/mol. The minimum absolute atomic E-state index is 0.0760. The Morgan fingerprint density at radius 3 is 2.71 bits per heavy atom. The highest BCUT2D eigenvalue weighted by Crippen LogP contribution is 2.20. The van der Waals surface area contributed by atoms with Crippen LogP contribution in [-0.2, 0) is 0 Å². The number of nitrogens with one attached hydrogen (secondary N) is 1. The second-order valence-corrected chi connectivity index (χ2v) is 5.23. The van der Waals surface area contributed by atoms with E-state index in [1.54, 1.807) is 0 Å². The summed E-state index contributed by atoms with van der Waals surface area (Å²) in [6.45, 7) is 1.85. The summed E-state index contributed by atoms with van der Waals surface area (Å²) in [5.41, 5.74) is 1.47. The fraction of sp³-hybridized carbons (Fsp3) is 0.0714. The smallest absolute Gasteiger partial charge is 0.270 e. The topological polar surface area (TPSA) is 68.0 Å². The van der Waals surface area contributed by atoms with Crippen LogP contribution in [0.5, 0.6) is 0 Å². The van der Waals surface area contributed by atoms with E-state index in [1.807, 2.05) is 18.4 Å². The van der Waals surface area contributed by atoms with Crippen LogP contribution < -0.4 is 5.32 Å². The molecule has 1 N–H and O–H groups in total. The Morgan fingerprint density at radius 1 is 1.29 bits per heavy atom. The number of benzene rings is 1. The zero-order valence-electron chi connectivity index (χ0n) is 11.0. The van der Waals surface area contributed by atoms with Gasteiger partial charge in [0.05, 0.1) is 4.88 Å². The molecule has 3 rings (SSSR count). The molecule has 0 saturated heterocycles. The van der Waals surface area contributed by atoms with Gasteiger partial charge in [-0.1, -0.05) is 0 Å². The van der Waals surface area contributed by atoms with E-state index in [0.717, 1.165) is 5.56 Å². The lowest BCUT2D eigenvalue weighted by atomic mass is 10.2. The first-order valence-corrected chi connectivity index (χ1v) is 6.96. The quantitative estimate of drug-likeness (QED) is 0.804. The molecule has 21 heavy (non-hydrogen) atoms. The summed E-state index contributed by atoms with van der Waals surface area (Å²) in [7, 11) is 0. The molecule has 0 radical (unpaired) electrons. The Morgan fingerprint density at radius 2 is 2.05 bits per heavy atom. The van der Waals surface area contributed by atoms with E-state index in [9.17, 15) is 9.18 Å². The van der Waals surface area contributed by atoms with Gasteiger partial charge in [0.1, 0.15) is 5.82 Å². The molecule has 0 aliphatic rings. The molecule has 5 nitrogen and oxygen atoms in total. The van der Waals surface area contributed by atoms with Crippen molar-refractivity contribution in [3.05, 3.63) is 52.0 Å². The molecule has 106 valence electrons. The fourth-order valence-corrected chi connectivity index (χ4v) is 2.57. The zero-order valence-corrected chi connectivity index (χ0v) is 11.8. The number of carbonyl (C=O) groups is 1. The highest BCUT2D eigenvalue weighted by atomic mass is 32.1. The molecule has 3 aromatic rings. The number of carbonyl (C=O) groups excluding carboxylic acids is 1. The van der Waals surface area contributed by atoms with Crippen molar-refractivity contribution in [2.75, 3.05) is 5.32 Å². The first kappa shape index (κ1) is 13.4. The van der Waals surface area contributed by atoms with E-state index in [2.05, 4.69) is 15.5 Å². The molecule has 2 heterocycles. The van der Waals surface area contributed by atoms with Crippen molar-refractivity contribution in [3.63, 3.8) is 0 Å². The number of thiophene rings is 1. The first-order valence-electron chi connectivity index (χ1n) is 6.08. The van der Waals surface area contributed by atoms with Crippen molar-refractivity contribution >= 4 is 23.2 Å². The number of amides is 1. The Kier molecular flexibility index (Phi) is 3.49. The molecular formula is C14H10FN3O2S. The molecule has 0 aliphatic carbocycles. The molecule has 0 aliphatic heterocycles. The predicted octanol–water partition coefficient (Wildman–Crippen LogP) is 3.50. The van der Waals surface area contributed by atoms with Crippen LogP contribution in [0.3, 0.4) is 0 Å². The van der Waals surface area contributed by atoms with Crippen LogP contribution in [0, 0.1) is 12.7 Å². The summed E-state index contributed by atoms with van der Waals surface area (Å²) in [6.07, 6.45) is 0. The lowest BCUT2D eigenvalue weighted by Gasteiger charge is -1.98. The van der Waals surface area contributed by atoms with E-state index in [0.29, 0.717) is 10.4 Å². The van der Waals surface area contributed by atoms with Crippen LogP contribution in [0.4, 0.5) is 10.3 Å². The second-order valence-electron chi connectivity index (χ2n) is 4.32. The summed E-state index contributed by atoms with van der Waals surface area (Å²) < 4.78 is 17.9. The third-order valence-electron chi connectivity index (χ3n) is 2.81. The number of aryl methyl sites for hydroxylation is 1. The van der Waals surface area contributed by atoms with Gasteiger partial charge in [0, 0.05) is 5.56 Å². The third-order valence-corrected chi connectivity index (χ3v) is 3.83. The number of halogens is 1. The molecule has 0 unspecified atom stereocenters. The molecule has 0 saturated carbocycles. The van der Waals surface area contributed by atoms with Crippen LogP contribution in [0.25, 0.3) is 11.5 Å². The zero-order chi connectivity index (χ0) is 14.8. The van der Waals surface area contributed by atoms with Gasteiger partial charge in [0.25, 0.3) is 17.7 Å². The van der Waals surface area contributed by atoms with Crippen LogP contribution in [-0.4, -0.2) is 16.0 Å². The maximum atomic E-state index is 12.9. The average molecular weight is 303 g/mol. The van der Waals surface area contributed by atoms with Gasteiger partial charge in [-0.05, 0) is 53.4 Å².